The van der Waals surface area contributed by atoms with Gasteiger partial charge in [0.15, 0.2) is 0 Å². The molecule has 0 saturated carbocycles. The van der Waals surface area contributed by atoms with Crippen molar-refractivity contribution in [2.24, 2.45) is 0 Å². The van der Waals surface area contributed by atoms with Crippen LogP contribution in [0.25, 0.3) is 0 Å². The summed E-state index contributed by atoms with van der Waals surface area (Å²) in [5.41, 5.74) is -3.05. The van der Waals surface area contributed by atoms with Gasteiger partial charge in [-0.05, 0) is 53.4 Å². The SMILES string of the molecule is C=C[C@@H](O)[C@]1(C)CC[C@H]([C@@](C)(O)CC[C@@H](O)C(C)(C)O)O1. The Morgan fingerprint density at radius 3 is 2.38 bits per heavy atom. The summed E-state index contributed by atoms with van der Waals surface area (Å²) in [6.45, 7) is 10.1. The molecule has 1 aliphatic heterocycles. The molecule has 4 N–H and O–H groups in total. The summed E-state index contributed by atoms with van der Waals surface area (Å²) in [6, 6.07) is 0. The molecule has 0 radical (unpaired) electrons. The highest BCUT2D eigenvalue weighted by Gasteiger charge is 2.47. The van der Waals surface area contributed by atoms with Crippen molar-refractivity contribution in [1.82, 2.24) is 0 Å². The van der Waals surface area contributed by atoms with Gasteiger partial charge in [-0.25, -0.2) is 0 Å². The number of hydrogen-bond donors (Lipinski definition) is 4. The second-order valence-electron chi connectivity index (χ2n) is 7.20. The van der Waals surface area contributed by atoms with Gasteiger partial charge in [0.25, 0.3) is 0 Å². The normalized spacial score (nSPS) is 32.5. The van der Waals surface area contributed by atoms with Gasteiger partial charge in [0.05, 0.1) is 29.0 Å². The van der Waals surface area contributed by atoms with Gasteiger partial charge in [-0.2, -0.15) is 0 Å². The molecule has 1 saturated heterocycles. The summed E-state index contributed by atoms with van der Waals surface area (Å²) < 4.78 is 5.87. The molecular weight excluding hydrogens is 272 g/mol. The molecule has 5 atom stereocenters. The Morgan fingerprint density at radius 1 is 1.33 bits per heavy atom. The second kappa shape index (κ2) is 6.34. The van der Waals surface area contributed by atoms with Gasteiger partial charge in [0.2, 0.25) is 0 Å². The number of rotatable bonds is 7. The lowest BCUT2D eigenvalue weighted by Crippen LogP contribution is -2.45. The van der Waals surface area contributed by atoms with Crippen LogP contribution < -0.4 is 0 Å². The van der Waals surface area contributed by atoms with Gasteiger partial charge in [-0.3, -0.25) is 0 Å². The van der Waals surface area contributed by atoms with Gasteiger partial charge >= 0.3 is 0 Å². The van der Waals surface area contributed by atoms with Gasteiger partial charge in [-0.1, -0.05) is 6.08 Å². The fourth-order valence-corrected chi connectivity index (χ4v) is 2.71. The van der Waals surface area contributed by atoms with Crippen LogP contribution in [-0.4, -0.2) is 55.5 Å². The van der Waals surface area contributed by atoms with Crippen molar-refractivity contribution in [3.8, 4) is 0 Å². The molecule has 0 aromatic carbocycles. The van der Waals surface area contributed by atoms with E-state index >= 15 is 0 Å². The maximum atomic E-state index is 10.6. The Labute approximate surface area is 127 Å². The van der Waals surface area contributed by atoms with Gasteiger partial charge in [-0.15, -0.1) is 6.58 Å². The van der Waals surface area contributed by atoms with Crippen LogP contribution in [0.2, 0.25) is 0 Å². The first-order valence-electron chi connectivity index (χ1n) is 7.53. The average molecular weight is 302 g/mol. The number of aliphatic hydroxyl groups is 4. The molecule has 0 aliphatic carbocycles. The highest BCUT2D eigenvalue weighted by molar-refractivity contribution is 5.02. The van der Waals surface area contributed by atoms with Gasteiger partial charge < -0.3 is 25.2 Å². The molecule has 124 valence electrons. The predicted molar refractivity (Wildman–Crippen MR) is 80.9 cm³/mol. The lowest BCUT2D eigenvalue weighted by atomic mass is 9.87. The van der Waals surface area contributed by atoms with E-state index in [4.69, 9.17) is 4.74 Å². The minimum atomic E-state index is -1.19. The number of hydrogen-bond acceptors (Lipinski definition) is 5. The Morgan fingerprint density at radius 2 is 1.90 bits per heavy atom. The van der Waals surface area contributed by atoms with Crippen LogP contribution in [0.5, 0.6) is 0 Å². The van der Waals surface area contributed by atoms with Crippen molar-refractivity contribution in [3.63, 3.8) is 0 Å². The molecule has 1 rings (SSSR count). The molecule has 0 bridgehead atoms. The third-order valence-electron chi connectivity index (χ3n) is 4.60. The Kier molecular flexibility index (Phi) is 5.61. The fraction of sp³-hybridized carbons (Fsp3) is 0.875. The van der Waals surface area contributed by atoms with E-state index in [2.05, 4.69) is 6.58 Å². The van der Waals surface area contributed by atoms with E-state index in [1.165, 1.54) is 19.9 Å². The summed E-state index contributed by atoms with van der Waals surface area (Å²) in [4.78, 5) is 0. The fourth-order valence-electron chi connectivity index (χ4n) is 2.71. The van der Waals surface area contributed by atoms with Crippen LogP contribution in [-0.2, 0) is 4.74 Å². The zero-order valence-electron chi connectivity index (χ0n) is 13.5. The lowest BCUT2D eigenvalue weighted by Gasteiger charge is -2.35. The largest absolute Gasteiger partial charge is 0.390 e. The van der Waals surface area contributed by atoms with Crippen LogP contribution in [0, 0.1) is 0 Å². The zero-order valence-corrected chi connectivity index (χ0v) is 13.5. The topological polar surface area (TPSA) is 90.2 Å². The molecule has 0 aromatic heterocycles. The van der Waals surface area contributed by atoms with Crippen LogP contribution in [0.15, 0.2) is 12.7 Å². The van der Waals surface area contributed by atoms with Gasteiger partial charge in [0, 0.05) is 0 Å². The summed E-state index contributed by atoms with van der Waals surface area (Å²) in [5, 5.41) is 40.1. The minimum Gasteiger partial charge on any atom is -0.390 e. The average Bonchev–Trinajstić information content (AvgIpc) is 2.78. The molecule has 21 heavy (non-hydrogen) atoms. The molecule has 5 heteroatoms. The molecule has 0 unspecified atom stereocenters. The lowest BCUT2D eigenvalue weighted by molar-refractivity contribution is -0.155. The van der Waals surface area contributed by atoms with E-state index in [9.17, 15) is 20.4 Å². The Hall–Kier alpha value is -0.460. The van der Waals surface area contributed by atoms with Crippen molar-refractivity contribution in [3.05, 3.63) is 12.7 Å². The van der Waals surface area contributed by atoms with Crippen molar-refractivity contribution in [2.75, 3.05) is 0 Å². The molecule has 1 heterocycles. The zero-order chi connectivity index (χ0) is 16.5. The highest BCUT2D eigenvalue weighted by atomic mass is 16.5. The number of ether oxygens (including phenoxy) is 1. The summed E-state index contributed by atoms with van der Waals surface area (Å²) in [6.07, 6.45) is 1.19. The van der Waals surface area contributed by atoms with Crippen LogP contribution in [0.3, 0.4) is 0 Å². The highest BCUT2D eigenvalue weighted by Crippen LogP contribution is 2.39. The van der Waals surface area contributed by atoms with E-state index in [0.717, 1.165) is 0 Å². The van der Waals surface area contributed by atoms with Crippen LogP contribution in [0.1, 0.15) is 53.4 Å². The first kappa shape index (κ1) is 18.6. The third kappa shape index (κ3) is 4.50. The molecule has 1 aliphatic rings. The van der Waals surface area contributed by atoms with Gasteiger partial charge in [0.1, 0.15) is 6.10 Å². The van der Waals surface area contributed by atoms with Crippen LogP contribution in [0.4, 0.5) is 0 Å². The van der Waals surface area contributed by atoms with E-state index in [1.54, 1.807) is 13.8 Å². The monoisotopic (exact) mass is 302 g/mol. The van der Waals surface area contributed by atoms with Crippen LogP contribution >= 0.6 is 0 Å². The smallest absolute Gasteiger partial charge is 0.101 e. The molecular formula is C16H30O5. The Bertz CT molecular complexity index is 360. The molecule has 0 spiro atoms. The second-order valence-corrected chi connectivity index (χ2v) is 7.20. The predicted octanol–water partition coefficient (Wildman–Crippen LogP) is 1.13. The summed E-state index contributed by atoms with van der Waals surface area (Å²) >= 11 is 0. The molecule has 0 amide bonds. The molecule has 1 fully saturated rings. The van der Waals surface area contributed by atoms with Crippen molar-refractivity contribution < 1.29 is 25.2 Å². The Balaban J connectivity index is 2.62. The minimum absolute atomic E-state index is 0.275. The quantitative estimate of drug-likeness (QED) is 0.529. The first-order valence-corrected chi connectivity index (χ1v) is 7.53. The molecule has 5 nitrogen and oxygen atoms in total. The summed E-state index contributed by atoms with van der Waals surface area (Å²) in [5.74, 6) is 0. The third-order valence-corrected chi connectivity index (χ3v) is 4.60. The van der Waals surface area contributed by atoms with E-state index < -0.39 is 35.1 Å². The standard InChI is InChI=1S/C16H30O5/c1-6-11(17)16(5)10-8-13(21-16)15(4,20)9-7-12(18)14(2,3)19/h6,11-13,17-20H,1,7-10H2,2-5H3/t11-,12-,13-,15+,16+/m1/s1. The number of aliphatic hydroxyl groups excluding tert-OH is 2. The maximum absolute atomic E-state index is 10.6. The van der Waals surface area contributed by atoms with Crippen molar-refractivity contribution in [1.29, 1.82) is 0 Å². The summed E-state index contributed by atoms with van der Waals surface area (Å²) in [7, 11) is 0. The van der Waals surface area contributed by atoms with E-state index in [0.29, 0.717) is 19.3 Å². The van der Waals surface area contributed by atoms with E-state index in [-0.39, 0.29) is 6.42 Å². The molecule has 0 aromatic rings. The van der Waals surface area contributed by atoms with Crippen molar-refractivity contribution in [2.45, 2.75) is 88.5 Å². The first-order chi connectivity index (χ1) is 9.42. The van der Waals surface area contributed by atoms with E-state index in [1.807, 2.05) is 0 Å². The maximum Gasteiger partial charge on any atom is 0.101 e. The van der Waals surface area contributed by atoms with Crippen molar-refractivity contribution >= 4 is 0 Å².